The molecule has 0 spiro atoms. The normalized spacial score (nSPS) is 14.3. The molecular weight excluding hydrogens is 239 g/mol. The summed E-state index contributed by atoms with van der Waals surface area (Å²) in [7, 11) is 0. The molecule has 0 bridgehead atoms. The zero-order chi connectivity index (χ0) is 7.82. The van der Waals surface area contributed by atoms with Crippen LogP contribution >= 0.6 is 22.9 Å². The van der Waals surface area contributed by atoms with Gasteiger partial charge in [0.25, 0.3) is 0 Å². The van der Waals surface area contributed by atoms with Gasteiger partial charge in [-0.1, -0.05) is 13.3 Å². The maximum Gasteiger partial charge on any atom is 0.0827 e. The molecule has 10 heavy (non-hydrogen) atoms. The first kappa shape index (κ1) is 10.4. The zero-order valence-electron chi connectivity index (χ0n) is 6.39. The number of hydrogen-bond acceptors (Lipinski definition) is 2. The Labute approximate surface area is 76.8 Å². The van der Waals surface area contributed by atoms with Gasteiger partial charge in [-0.15, -0.1) is 0 Å². The van der Waals surface area contributed by atoms with Gasteiger partial charge in [0.15, 0.2) is 0 Å². The van der Waals surface area contributed by atoms with Gasteiger partial charge in [0.1, 0.15) is 0 Å². The summed E-state index contributed by atoms with van der Waals surface area (Å²) in [6.45, 7) is 2.16. The van der Waals surface area contributed by atoms with E-state index in [1.165, 1.54) is 6.42 Å². The van der Waals surface area contributed by atoms with Crippen LogP contribution in [0, 0.1) is 0 Å². The fourth-order valence-corrected chi connectivity index (χ4v) is 1.13. The average Bonchev–Trinajstić information content (AvgIpc) is 1.89. The van der Waals surface area contributed by atoms with Crippen molar-refractivity contribution in [3.8, 4) is 0 Å². The topological polar surface area (TPSA) is 38.4 Å². The van der Waals surface area contributed by atoms with Gasteiger partial charge in [-0.25, -0.2) is 3.21 Å². The van der Waals surface area contributed by atoms with Crippen LogP contribution in [0.5, 0.6) is 0 Å². The lowest BCUT2D eigenvalue weighted by atomic mass is 10.1. The van der Waals surface area contributed by atoms with Crippen LogP contribution in [0.4, 0.5) is 0 Å². The third kappa shape index (κ3) is 6.48. The highest BCUT2D eigenvalue weighted by atomic mass is 127. The van der Waals surface area contributed by atoms with Gasteiger partial charge in [0.2, 0.25) is 0 Å². The van der Waals surface area contributed by atoms with Crippen LogP contribution in [0.1, 0.15) is 32.6 Å². The quantitative estimate of drug-likeness (QED) is 0.593. The number of rotatable bonds is 5. The highest BCUT2D eigenvalue weighted by molar-refractivity contribution is 14.1. The predicted octanol–water partition coefficient (Wildman–Crippen LogP) is 2.31. The van der Waals surface area contributed by atoms with Crippen molar-refractivity contribution in [2.24, 2.45) is 8.94 Å². The second-order valence-corrected chi connectivity index (χ2v) is 2.96. The van der Waals surface area contributed by atoms with Crippen LogP contribution < -0.4 is 5.73 Å². The van der Waals surface area contributed by atoms with Crippen LogP contribution in [-0.4, -0.2) is 12.3 Å². The van der Waals surface area contributed by atoms with Gasteiger partial charge in [-0.3, -0.25) is 0 Å². The van der Waals surface area contributed by atoms with Crippen molar-refractivity contribution >= 4 is 29.1 Å². The minimum atomic E-state index is 0.374. The molecule has 2 N–H and O–H groups in total. The van der Waals surface area contributed by atoms with E-state index < -0.39 is 0 Å². The largest absolute Gasteiger partial charge is 0.328 e. The van der Waals surface area contributed by atoms with Gasteiger partial charge in [0, 0.05) is 12.3 Å². The Bertz CT molecular complexity index is 93.6. The third-order valence-electron chi connectivity index (χ3n) is 1.40. The molecule has 0 radical (unpaired) electrons. The Morgan fingerprint density at radius 2 is 2.30 bits per heavy atom. The summed E-state index contributed by atoms with van der Waals surface area (Å²) in [5, 5.41) is 0. The molecule has 0 aliphatic heterocycles. The van der Waals surface area contributed by atoms with Crippen molar-refractivity contribution in [2.45, 2.75) is 38.6 Å². The molecule has 0 rings (SSSR count). The van der Waals surface area contributed by atoms with Crippen LogP contribution in [0.15, 0.2) is 3.21 Å². The third-order valence-corrected chi connectivity index (χ3v) is 1.79. The fourth-order valence-electron chi connectivity index (χ4n) is 0.853. The van der Waals surface area contributed by atoms with E-state index in [0.29, 0.717) is 6.04 Å². The van der Waals surface area contributed by atoms with Gasteiger partial charge in [0.05, 0.1) is 22.9 Å². The minimum absolute atomic E-state index is 0.374. The molecule has 1 atom stereocenters. The minimum Gasteiger partial charge on any atom is -0.328 e. The molecule has 60 valence electrons. The Balaban J connectivity index is 3.12. The van der Waals surface area contributed by atoms with Crippen LogP contribution in [0.3, 0.4) is 0 Å². The molecule has 0 amide bonds. The van der Waals surface area contributed by atoms with Crippen molar-refractivity contribution in [2.75, 3.05) is 0 Å². The fraction of sp³-hybridized carbons (Fsp3) is 0.857. The Kier molecular flexibility index (Phi) is 7.74. The lowest BCUT2D eigenvalue weighted by molar-refractivity contribution is 0.574. The molecular formula is C7H15IN2. The lowest BCUT2D eigenvalue weighted by Crippen LogP contribution is -2.19. The van der Waals surface area contributed by atoms with E-state index in [4.69, 9.17) is 5.73 Å². The van der Waals surface area contributed by atoms with Gasteiger partial charge < -0.3 is 5.73 Å². The van der Waals surface area contributed by atoms with E-state index in [0.717, 1.165) is 19.3 Å². The molecule has 0 saturated carbocycles. The Hall–Kier alpha value is 0.360. The number of nitrogens with zero attached hydrogens (tertiary/aromatic N) is 1. The summed E-state index contributed by atoms with van der Waals surface area (Å²) in [6.07, 6.45) is 6.32. The molecule has 0 fully saturated rings. The summed E-state index contributed by atoms with van der Waals surface area (Å²) < 4.78 is 3.86. The van der Waals surface area contributed by atoms with Gasteiger partial charge in [-0.2, -0.15) is 0 Å². The van der Waals surface area contributed by atoms with E-state index in [-0.39, 0.29) is 0 Å². The number of halogens is 1. The molecule has 0 aromatic heterocycles. The van der Waals surface area contributed by atoms with E-state index in [2.05, 4.69) is 10.1 Å². The summed E-state index contributed by atoms with van der Waals surface area (Å²) in [4.78, 5) is 0. The summed E-state index contributed by atoms with van der Waals surface area (Å²) in [6, 6.07) is 0.374. The Morgan fingerprint density at radius 3 is 2.80 bits per heavy atom. The first-order valence-corrected chi connectivity index (χ1v) is 4.66. The van der Waals surface area contributed by atoms with Gasteiger partial charge >= 0.3 is 0 Å². The molecule has 0 saturated heterocycles. The second-order valence-electron chi connectivity index (χ2n) is 2.41. The molecule has 3 heteroatoms. The van der Waals surface area contributed by atoms with E-state index in [1.807, 2.05) is 29.1 Å². The SMILES string of the molecule is CCC[C@H](N)CC/C=N/I. The van der Waals surface area contributed by atoms with Crippen LogP contribution in [0.2, 0.25) is 0 Å². The molecule has 0 aliphatic rings. The molecule has 0 aliphatic carbocycles. The van der Waals surface area contributed by atoms with Crippen molar-refractivity contribution in [1.82, 2.24) is 0 Å². The van der Waals surface area contributed by atoms with Gasteiger partial charge in [-0.05, 0) is 19.3 Å². The number of nitrogens with two attached hydrogens (primary N) is 1. The Morgan fingerprint density at radius 1 is 1.60 bits per heavy atom. The van der Waals surface area contributed by atoms with Crippen molar-refractivity contribution < 1.29 is 0 Å². The van der Waals surface area contributed by atoms with Crippen molar-refractivity contribution in [1.29, 1.82) is 0 Å². The maximum atomic E-state index is 5.76. The van der Waals surface area contributed by atoms with E-state index in [1.54, 1.807) is 0 Å². The van der Waals surface area contributed by atoms with E-state index >= 15 is 0 Å². The number of hydrogen-bond donors (Lipinski definition) is 1. The van der Waals surface area contributed by atoms with Crippen LogP contribution in [0.25, 0.3) is 0 Å². The molecule has 0 aromatic carbocycles. The second kappa shape index (κ2) is 7.47. The first-order valence-electron chi connectivity index (χ1n) is 3.69. The average molecular weight is 254 g/mol. The standard InChI is InChI=1S/C7H15IN2/c1-2-4-7(9)5-3-6-10-8/h6-7H,2-5,9H2,1H3/b10-6+/t7-/m0/s1. The lowest BCUT2D eigenvalue weighted by Gasteiger charge is -2.06. The molecule has 0 heterocycles. The summed E-state index contributed by atoms with van der Waals surface area (Å²) >= 11 is 1.98. The predicted molar refractivity (Wildman–Crippen MR) is 54.6 cm³/mol. The summed E-state index contributed by atoms with van der Waals surface area (Å²) in [5.41, 5.74) is 5.76. The molecule has 0 unspecified atom stereocenters. The monoisotopic (exact) mass is 254 g/mol. The smallest absolute Gasteiger partial charge is 0.0827 e. The highest BCUT2D eigenvalue weighted by Crippen LogP contribution is 2.00. The summed E-state index contributed by atoms with van der Waals surface area (Å²) in [5.74, 6) is 0. The first-order chi connectivity index (χ1) is 4.81. The van der Waals surface area contributed by atoms with Crippen LogP contribution in [-0.2, 0) is 0 Å². The van der Waals surface area contributed by atoms with Crippen molar-refractivity contribution in [3.63, 3.8) is 0 Å². The van der Waals surface area contributed by atoms with Crippen molar-refractivity contribution in [3.05, 3.63) is 0 Å². The molecule has 2 nitrogen and oxygen atoms in total. The van der Waals surface area contributed by atoms with E-state index in [9.17, 15) is 0 Å². The highest BCUT2D eigenvalue weighted by Gasteiger charge is 1.97. The maximum absolute atomic E-state index is 5.76. The molecule has 0 aromatic rings. The zero-order valence-corrected chi connectivity index (χ0v) is 8.54.